The smallest absolute Gasteiger partial charge is 0.257 e. The maximum absolute atomic E-state index is 12.5. The Kier molecular flexibility index (Phi) is 6.64. The summed E-state index contributed by atoms with van der Waals surface area (Å²) in [7, 11) is 0. The van der Waals surface area contributed by atoms with Crippen molar-refractivity contribution in [2.24, 2.45) is 5.92 Å². The van der Waals surface area contributed by atoms with Crippen molar-refractivity contribution in [1.29, 1.82) is 0 Å². The molecule has 2 aromatic rings. The number of anilines is 2. The summed E-state index contributed by atoms with van der Waals surface area (Å²) in [5.74, 6) is 1.40. The van der Waals surface area contributed by atoms with Crippen molar-refractivity contribution in [2.45, 2.75) is 12.8 Å². The van der Waals surface area contributed by atoms with Gasteiger partial charge in [-0.05, 0) is 49.1 Å². The minimum absolute atomic E-state index is 0.185. The Morgan fingerprint density at radius 1 is 1.21 bits per heavy atom. The van der Waals surface area contributed by atoms with E-state index in [1.54, 1.807) is 18.3 Å². The first-order chi connectivity index (χ1) is 14.2. The van der Waals surface area contributed by atoms with E-state index in [4.69, 9.17) is 16.3 Å². The second kappa shape index (κ2) is 9.57. The van der Waals surface area contributed by atoms with Crippen LogP contribution in [0.4, 0.5) is 11.5 Å². The molecule has 0 bridgehead atoms. The van der Waals surface area contributed by atoms with E-state index in [9.17, 15) is 4.79 Å². The molecule has 1 amide bonds. The van der Waals surface area contributed by atoms with E-state index in [0.29, 0.717) is 22.2 Å². The summed E-state index contributed by atoms with van der Waals surface area (Å²) in [6.45, 7) is 6.91. The molecular formula is C22H27ClN4O2. The third kappa shape index (κ3) is 5.47. The van der Waals surface area contributed by atoms with Gasteiger partial charge in [-0.1, -0.05) is 17.7 Å². The summed E-state index contributed by atoms with van der Waals surface area (Å²) >= 11 is 5.98. The largest absolute Gasteiger partial charge is 0.379 e. The molecule has 29 heavy (non-hydrogen) atoms. The van der Waals surface area contributed by atoms with E-state index < -0.39 is 0 Å². The number of aromatic nitrogens is 1. The molecule has 2 saturated heterocycles. The standard InChI is InChI=1S/C22H27ClN4O2/c23-19-4-1-5-20(13-19)25-22(28)18-6-7-21(24-14-18)27-8-2-3-17(16-27)15-26-9-11-29-12-10-26/h1,4-7,13-14,17H,2-3,8-12,15-16H2,(H,25,28). The van der Waals surface area contributed by atoms with E-state index in [1.807, 2.05) is 24.3 Å². The van der Waals surface area contributed by atoms with E-state index in [0.717, 1.165) is 51.8 Å². The summed E-state index contributed by atoms with van der Waals surface area (Å²) in [5, 5.41) is 3.45. The highest BCUT2D eigenvalue weighted by atomic mass is 35.5. The predicted octanol–water partition coefficient (Wildman–Crippen LogP) is 3.54. The number of benzene rings is 1. The second-order valence-corrected chi connectivity index (χ2v) is 8.17. The average molecular weight is 415 g/mol. The fraction of sp³-hybridized carbons (Fsp3) is 0.455. The van der Waals surface area contributed by atoms with Gasteiger partial charge in [0.15, 0.2) is 0 Å². The Morgan fingerprint density at radius 3 is 2.83 bits per heavy atom. The summed E-state index contributed by atoms with van der Waals surface area (Å²) in [6, 6.07) is 10.9. The SMILES string of the molecule is O=C(Nc1cccc(Cl)c1)c1ccc(N2CCCC(CN3CCOCC3)C2)nc1. The minimum atomic E-state index is -0.185. The van der Waals surface area contributed by atoms with E-state index in [2.05, 4.69) is 20.1 Å². The number of amides is 1. The van der Waals surface area contributed by atoms with Crippen LogP contribution in [0.1, 0.15) is 23.2 Å². The van der Waals surface area contributed by atoms with Gasteiger partial charge in [0.25, 0.3) is 5.91 Å². The minimum Gasteiger partial charge on any atom is -0.379 e. The van der Waals surface area contributed by atoms with Gasteiger partial charge in [-0.2, -0.15) is 0 Å². The van der Waals surface area contributed by atoms with Gasteiger partial charge < -0.3 is 15.0 Å². The van der Waals surface area contributed by atoms with E-state index >= 15 is 0 Å². The molecule has 4 rings (SSSR count). The molecule has 2 aliphatic rings. The highest BCUT2D eigenvalue weighted by Gasteiger charge is 2.24. The Morgan fingerprint density at radius 2 is 2.07 bits per heavy atom. The van der Waals surface area contributed by atoms with Crippen LogP contribution in [0, 0.1) is 5.92 Å². The van der Waals surface area contributed by atoms with Crippen molar-refractivity contribution in [3.63, 3.8) is 0 Å². The average Bonchev–Trinajstić information content (AvgIpc) is 2.75. The number of piperidine rings is 1. The Bertz CT molecular complexity index is 824. The Balaban J connectivity index is 1.34. The van der Waals surface area contributed by atoms with Gasteiger partial charge >= 0.3 is 0 Å². The van der Waals surface area contributed by atoms with E-state index in [1.165, 1.54) is 12.8 Å². The summed E-state index contributed by atoms with van der Waals surface area (Å²) in [5.41, 5.74) is 1.21. The van der Waals surface area contributed by atoms with Crippen LogP contribution in [-0.4, -0.2) is 61.7 Å². The molecule has 1 atom stereocenters. The molecule has 1 aromatic carbocycles. The number of nitrogens with zero attached hydrogens (tertiary/aromatic N) is 3. The van der Waals surface area contributed by atoms with Crippen molar-refractivity contribution in [3.05, 3.63) is 53.2 Å². The van der Waals surface area contributed by atoms with Crippen molar-refractivity contribution >= 4 is 29.0 Å². The molecule has 0 aliphatic carbocycles. The van der Waals surface area contributed by atoms with E-state index in [-0.39, 0.29) is 5.91 Å². The van der Waals surface area contributed by atoms with Gasteiger partial charge in [-0.15, -0.1) is 0 Å². The third-order valence-corrected chi connectivity index (χ3v) is 5.79. The number of halogens is 1. The topological polar surface area (TPSA) is 57.7 Å². The number of ether oxygens (including phenoxy) is 1. The lowest BCUT2D eigenvalue weighted by molar-refractivity contribution is 0.0296. The number of hydrogen-bond acceptors (Lipinski definition) is 5. The van der Waals surface area contributed by atoms with Crippen LogP contribution in [0.3, 0.4) is 0 Å². The van der Waals surface area contributed by atoms with Gasteiger partial charge in [0.2, 0.25) is 0 Å². The second-order valence-electron chi connectivity index (χ2n) is 7.74. The molecule has 0 spiro atoms. The maximum atomic E-state index is 12.5. The molecule has 1 unspecified atom stereocenters. The highest BCUT2D eigenvalue weighted by Crippen LogP contribution is 2.23. The summed E-state index contributed by atoms with van der Waals surface area (Å²) in [6.07, 6.45) is 4.09. The molecule has 7 heteroatoms. The number of pyridine rings is 1. The molecule has 1 N–H and O–H groups in total. The molecule has 1 aromatic heterocycles. The van der Waals surface area contributed by atoms with Crippen LogP contribution in [0.5, 0.6) is 0 Å². The molecule has 6 nitrogen and oxygen atoms in total. The zero-order valence-corrected chi connectivity index (χ0v) is 17.3. The first kappa shape index (κ1) is 20.1. The first-order valence-corrected chi connectivity index (χ1v) is 10.6. The quantitative estimate of drug-likeness (QED) is 0.811. The van der Waals surface area contributed by atoms with Gasteiger partial charge in [0.1, 0.15) is 5.82 Å². The normalized spacial score (nSPS) is 20.4. The molecule has 154 valence electrons. The lowest BCUT2D eigenvalue weighted by atomic mass is 9.97. The lowest BCUT2D eigenvalue weighted by Gasteiger charge is -2.37. The van der Waals surface area contributed by atoms with Crippen LogP contribution in [0.15, 0.2) is 42.6 Å². The van der Waals surface area contributed by atoms with Crippen LogP contribution < -0.4 is 10.2 Å². The molecule has 2 aliphatic heterocycles. The maximum Gasteiger partial charge on any atom is 0.257 e. The summed E-state index contributed by atoms with van der Waals surface area (Å²) in [4.78, 5) is 21.9. The van der Waals surface area contributed by atoms with Crippen LogP contribution >= 0.6 is 11.6 Å². The third-order valence-electron chi connectivity index (χ3n) is 5.56. The molecular weight excluding hydrogens is 388 g/mol. The number of carbonyl (C=O) groups is 1. The van der Waals surface area contributed by atoms with Crippen LogP contribution in [0.25, 0.3) is 0 Å². The number of carbonyl (C=O) groups excluding carboxylic acids is 1. The van der Waals surface area contributed by atoms with Gasteiger partial charge in [0, 0.05) is 49.6 Å². The fourth-order valence-corrected chi connectivity index (χ4v) is 4.24. The molecule has 2 fully saturated rings. The lowest BCUT2D eigenvalue weighted by Crippen LogP contribution is -2.44. The number of morpholine rings is 1. The number of nitrogens with one attached hydrogen (secondary N) is 1. The van der Waals surface area contributed by atoms with Crippen molar-refractivity contribution in [2.75, 3.05) is 56.2 Å². The van der Waals surface area contributed by atoms with Gasteiger partial charge in [0.05, 0.1) is 18.8 Å². The number of rotatable bonds is 5. The highest BCUT2D eigenvalue weighted by molar-refractivity contribution is 6.30. The molecule has 0 saturated carbocycles. The van der Waals surface area contributed by atoms with Crippen molar-refractivity contribution < 1.29 is 9.53 Å². The number of hydrogen-bond donors (Lipinski definition) is 1. The first-order valence-electron chi connectivity index (χ1n) is 10.3. The van der Waals surface area contributed by atoms with Gasteiger partial charge in [-0.25, -0.2) is 4.98 Å². The zero-order chi connectivity index (χ0) is 20.1. The summed E-state index contributed by atoms with van der Waals surface area (Å²) < 4.78 is 5.45. The van der Waals surface area contributed by atoms with Crippen LogP contribution in [0.2, 0.25) is 5.02 Å². The Labute approximate surface area is 176 Å². The zero-order valence-electron chi connectivity index (χ0n) is 16.5. The van der Waals surface area contributed by atoms with Gasteiger partial charge in [-0.3, -0.25) is 9.69 Å². The van der Waals surface area contributed by atoms with Crippen molar-refractivity contribution in [3.8, 4) is 0 Å². The monoisotopic (exact) mass is 414 g/mol. The Hall–Kier alpha value is -2.15. The molecule has 3 heterocycles. The van der Waals surface area contributed by atoms with Crippen molar-refractivity contribution in [1.82, 2.24) is 9.88 Å². The van der Waals surface area contributed by atoms with Crippen LogP contribution in [-0.2, 0) is 4.74 Å². The molecule has 0 radical (unpaired) electrons. The fourth-order valence-electron chi connectivity index (χ4n) is 4.05. The predicted molar refractivity (Wildman–Crippen MR) is 116 cm³/mol.